The second-order valence-electron chi connectivity index (χ2n) is 10.8. The number of nitrogens with zero attached hydrogens (tertiary/aromatic N) is 1. The molecule has 1 unspecified atom stereocenters. The molecule has 0 radical (unpaired) electrons. The Morgan fingerprint density at radius 2 is 1.76 bits per heavy atom. The SMILES string of the molecule is CCN(Cc1ccc(CCNCCC(C)C)cc1)c1cc(OC)ccc1C1CCc2cc(O)ccc2C1. The third-order valence-corrected chi connectivity index (χ3v) is 7.70. The molecule has 4 nitrogen and oxygen atoms in total. The lowest BCUT2D eigenvalue weighted by molar-refractivity contribution is 0.414. The minimum Gasteiger partial charge on any atom is -0.508 e. The third-order valence-electron chi connectivity index (χ3n) is 7.70. The van der Waals surface area contributed by atoms with Crippen molar-refractivity contribution in [2.75, 3.05) is 31.6 Å². The van der Waals surface area contributed by atoms with Crippen molar-refractivity contribution in [3.05, 3.63) is 88.5 Å². The highest BCUT2D eigenvalue weighted by Crippen LogP contribution is 2.40. The Morgan fingerprint density at radius 1 is 0.973 bits per heavy atom. The van der Waals surface area contributed by atoms with E-state index in [0.717, 1.165) is 63.5 Å². The monoisotopic (exact) mass is 500 g/mol. The summed E-state index contributed by atoms with van der Waals surface area (Å²) in [5.74, 6) is 2.48. The standard InChI is InChI=1S/C33H44N2O2/c1-5-35(23-26-8-6-25(7-9-26)17-19-34-18-16-24(2)3)33-22-31(37-4)14-15-32(33)29-11-10-28-21-30(36)13-12-27(28)20-29/h6-9,12-15,21-22,24,29,34,36H,5,10-11,16-20,23H2,1-4H3. The highest BCUT2D eigenvalue weighted by Gasteiger charge is 2.24. The zero-order valence-electron chi connectivity index (χ0n) is 23.1. The van der Waals surface area contributed by atoms with E-state index >= 15 is 0 Å². The lowest BCUT2D eigenvalue weighted by Crippen LogP contribution is -2.25. The summed E-state index contributed by atoms with van der Waals surface area (Å²) in [5.41, 5.74) is 8.02. The van der Waals surface area contributed by atoms with Gasteiger partial charge in [0.1, 0.15) is 11.5 Å². The average Bonchev–Trinajstić information content (AvgIpc) is 2.91. The summed E-state index contributed by atoms with van der Waals surface area (Å²) in [4.78, 5) is 2.48. The molecule has 0 amide bonds. The second-order valence-corrected chi connectivity index (χ2v) is 10.8. The van der Waals surface area contributed by atoms with Gasteiger partial charge in [0.15, 0.2) is 0 Å². The van der Waals surface area contributed by atoms with E-state index in [4.69, 9.17) is 4.74 Å². The van der Waals surface area contributed by atoms with Gasteiger partial charge in [-0.05, 0) is 110 Å². The first-order valence-electron chi connectivity index (χ1n) is 14.0. The quantitative estimate of drug-likeness (QED) is 0.266. The topological polar surface area (TPSA) is 44.7 Å². The second kappa shape index (κ2) is 13.0. The molecule has 3 aromatic rings. The molecule has 0 heterocycles. The highest BCUT2D eigenvalue weighted by molar-refractivity contribution is 5.60. The molecule has 0 aromatic heterocycles. The number of methoxy groups -OCH3 is 1. The first kappa shape index (κ1) is 27.1. The van der Waals surface area contributed by atoms with Crippen LogP contribution in [-0.2, 0) is 25.8 Å². The molecule has 1 aliphatic carbocycles. The van der Waals surface area contributed by atoms with Gasteiger partial charge in [0, 0.05) is 24.8 Å². The fraction of sp³-hybridized carbons (Fsp3) is 0.455. The van der Waals surface area contributed by atoms with Crippen LogP contribution in [0.2, 0.25) is 0 Å². The number of aryl methyl sites for hydroxylation is 1. The van der Waals surface area contributed by atoms with Gasteiger partial charge in [-0.25, -0.2) is 0 Å². The molecule has 0 fully saturated rings. The number of hydrogen-bond acceptors (Lipinski definition) is 4. The van der Waals surface area contributed by atoms with Gasteiger partial charge >= 0.3 is 0 Å². The Labute approximate surface area is 223 Å². The fourth-order valence-corrected chi connectivity index (χ4v) is 5.42. The summed E-state index contributed by atoms with van der Waals surface area (Å²) in [7, 11) is 1.74. The Kier molecular flexibility index (Phi) is 9.51. The molecule has 3 aromatic carbocycles. The van der Waals surface area contributed by atoms with Gasteiger partial charge in [-0.2, -0.15) is 0 Å². The molecule has 37 heavy (non-hydrogen) atoms. The minimum atomic E-state index is 0.368. The van der Waals surface area contributed by atoms with Gasteiger partial charge in [0.05, 0.1) is 7.11 Å². The van der Waals surface area contributed by atoms with Crippen LogP contribution in [0.5, 0.6) is 11.5 Å². The molecule has 4 heteroatoms. The molecule has 0 aliphatic heterocycles. The maximum atomic E-state index is 9.89. The molecule has 4 rings (SSSR count). The lowest BCUT2D eigenvalue weighted by atomic mass is 9.79. The van der Waals surface area contributed by atoms with E-state index in [0.29, 0.717) is 11.7 Å². The van der Waals surface area contributed by atoms with Gasteiger partial charge < -0.3 is 20.1 Å². The van der Waals surface area contributed by atoms with Crippen LogP contribution in [0.15, 0.2) is 60.7 Å². The Bertz CT molecular complexity index is 1140. The van der Waals surface area contributed by atoms with Gasteiger partial charge in [0.2, 0.25) is 0 Å². The summed E-state index contributed by atoms with van der Waals surface area (Å²) in [6.07, 6.45) is 5.39. The summed E-state index contributed by atoms with van der Waals surface area (Å²) in [6.45, 7) is 10.7. The smallest absolute Gasteiger partial charge is 0.120 e. The van der Waals surface area contributed by atoms with Gasteiger partial charge in [-0.1, -0.05) is 50.2 Å². The predicted octanol–water partition coefficient (Wildman–Crippen LogP) is 6.88. The molecular formula is C33H44N2O2. The van der Waals surface area contributed by atoms with Crippen LogP contribution >= 0.6 is 0 Å². The fourth-order valence-electron chi connectivity index (χ4n) is 5.42. The maximum Gasteiger partial charge on any atom is 0.120 e. The highest BCUT2D eigenvalue weighted by atomic mass is 16.5. The molecular weight excluding hydrogens is 456 g/mol. The number of rotatable bonds is 12. The van der Waals surface area contributed by atoms with E-state index < -0.39 is 0 Å². The molecule has 0 saturated carbocycles. The summed E-state index contributed by atoms with van der Waals surface area (Å²) < 4.78 is 5.63. The van der Waals surface area contributed by atoms with E-state index in [1.54, 1.807) is 7.11 Å². The van der Waals surface area contributed by atoms with Crippen LogP contribution in [0.1, 0.15) is 67.3 Å². The van der Waals surface area contributed by atoms with Gasteiger partial charge in [-0.15, -0.1) is 0 Å². The van der Waals surface area contributed by atoms with Crippen LogP contribution in [0.25, 0.3) is 0 Å². The number of fused-ring (bicyclic) bond motifs is 1. The van der Waals surface area contributed by atoms with Crippen LogP contribution in [0.4, 0.5) is 5.69 Å². The Morgan fingerprint density at radius 3 is 2.49 bits per heavy atom. The molecule has 0 spiro atoms. The molecule has 0 bridgehead atoms. The third kappa shape index (κ3) is 7.29. The molecule has 1 aliphatic rings. The van der Waals surface area contributed by atoms with Crippen molar-refractivity contribution in [3.8, 4) is 11.5 Å². The van der Waals surface area contributed by atoms with Crippen LogP contribution < -0.4 is 15.0 Å². The van der Waals surface area contributed by atoms with E-state index in [-0.39, 0.29) is 0 Å². The first-order chi connectivity index (χ1) is 18.0. The Balaban J connectivity index is 1.46. The van der Waals surface area contributed by atoms with Crippen molar-refractivity contribution in [2.45, 2.75) is 65.3 Å². The number of nitrogens with one attached hydrogen (secondary N) is 1. The summed E-state index contributed by atoms with van der Waals surface area (Å²) in [6, 6.07) is 21.6. The van der Waals surface area contributed by atoms with E-state index in [1.807, 2.05) is 12.1 Å². The van der Waals surface area contributed by atoms with Crippen LogP contribution in [0, 0.1) is 5.92 Å². The van der Waals surface area contributed by atoms with E-state index in [1.165, 1.54) is 39.9 Å². The summed E-state index contributed by atoms with van der Waals surface area (Å²) >= 11 is 0. The number of hydrogen-bond donors (Lipinski definition) is 2. The molecule has 198 valence electrons. The van der Waals surface area contributed by atoms with Crippen molar-refractivity contribution >= 4 is 5.69 Å². The van der Waals surface area contributed by atoms with Crippen molar-refractivity contribution in [1.82, 2.24) is 5.32 Å². The normalized spacial score (nSPS) is 15.0. The number of phenolic OH excluding ortho intramolecular Hbond substituents is 1. The maximum absolute atomic E-state index is 9.89. The van der Waals surface area contributed by atoms with Crippen molar-refractivity contribution in [2.24, 2.45) is 5.92 Å². The van der Waals surface area contributed by atoms with Gasteiger partial charge in [0.25, 0.3) is 0 Å². The van der Waals surface area contributed by atoms with Crippen molar-refractivity contribution in [1.29, 1.82) is 0 Å². The van der Waals surface area contributed by atoms with E-state index in [9.17, 15) is 5.11 Å². The first-order valence-corrected chi connectivity index (χ1v) is 14.0. The largest absolute Gasteiger partial charge is 0.508 e. The zero-order chi connectivity index (χ0) is 26.2. The summed E-state index contributed by atoms with van der Waals surface area (Å²) in [5, 5.41) is 13.5. The number of aromatic hydroxyl groups is 1. The molecule has 2 N–H and O–H groups in total. The predicted molar refractivity (Wildman–Crippen MR) is 155 cm³/mol. The average molecular weight is 501 g/mol. The number of anilines is 1. The van der Waals surface area contributed by atoms with Crippen LogP contribution in [-0.4, -0.2) is 31.9 Å². The van der Waals surface area contributed by atoms with Crippen molar-refractivity contribution < 1.29 is 9.84 Å². The van der Waals surface area contributed by atoms with Crippen molar-refractivity contribution in [3.63, 3.8) is 0 Å². The van der Waals surface area contributed by atoms with E-state index in [2.05, 4.69) is 79.5 Å². The lowest BCUT2D eigenvalue weighted by Gasteiger charge is -2.32. The number of phenols is 1. The molecule has 0 saturated heterocycles. The van der Waals surface area contributed by atoms with Gasteiger partial charge in [-0.3, -0.25) is 0 Å². The Hall–Kier alpha value is -2.98. The number of ether oxygens (including phenoxy) is 1. The molecule has 1 atom stereocenters. The van der Waals surface area contributed by atoms with Crippen LogP contribution in [0.3, 0.4) is 0 Å². The minimum absolute atomic E-state index is 0.368. The zero-order valence-corrected chi connectivity index (χ0v) is 23.1. The number of benzene rings is 3.